The van der Waals surface area contributed by atoms with Crippen LogP contribution in [0.4, 0.5) is 4.39 Å². The van der Waals surface area contributed by atoms with E-state index < -0.39 is 12.0 Å². The first-order valence-electron chi connectivity index (χ1n) is 11.9. The van der Waals surface area contributed by atoms with Crippen molar-refractivity contribution in [3.8, 4) is 5.75 Å². The topological polar surface area (TPSA) is 69.9 Å². The van der Waals surface area contributed by atoms with E-state index in [0.29, 0.717) is 37.5 Å². The number of nitrogens with zero attached hydrogens (tertiary/aromatic N) is 2. The monoisotopic (exact) mass is 786 g/mol. The molecule has 0 spiro atoms. The summed E-state index contributed by atoms with van der Waals surface area (Å²) in [6.07, 6.45) is 1.78. The van der Waals surface area contributed by atoms with Gasteiger partial charge in [0.25, 0.3) is 5.56 Å². The number of halogens is 3. The van der Waals surface area contributed by atoms with Gasteiger partial charge in [-0.25, -0.2) is 14.2 Å². The summed E-state index contributed by atoms with van der Waals surface area (Å²) in [6.45, 7) is 3.78. The van der Waals surface area contributed by atoms with E-state index >= 15 is 0 Å². The van der Waals surface area contributed by atoms with E-state index in [2.05, 4.69) is 50.2 Å². The molecular weight excluding hydrogens is 765 g/mol. The summed E-state index contributed by atoms with van der Waals surface area (Å²) in [5.74, 6) is -0.264. The zero-order valence-corrected chi connectivity index (χ0v) is 26.7. The maximum atomic E-state index is 14.2. The fourth-order valence-corrected chi connectivity index (χ4v) is 8.16. The molecule has 0 saturated heterocycles. The Bertz CT molecular complexity index is 1780. The Hall–Kier alpha value is -2.36. The third kappa shape index (κ3) is 5.77. The zero-order chi connectivity index (χ0) is 27.7. The number of hydrogen-bond acceptors (Lipinski definition) is 7. The zero-order valence-electron chi connectivity index (χ0n) is 20.7. The Morgan fingerprint density at radius 3 is 2.72 bits per heavy atom. The molecule has 39 heavy (non-hydrogen) atoms. The predicted octanol–water partition coefficient (Wildman–Crippen LogP) is 5.79. The van der Waals surface area contributed by atoms with Gasteiger partial charge in [-0.15, -0.1) is 11.3 Å². The van der Waals surface area contributed by atoms with Crippen LogP contribution < -0.4 is 19.6 Å². The molecule has 0 saturated carbocycles. The highest BCUT2D eigenvalue weighted by atomic mass is 127. The van der Waals surface area contributed by atoms with Gasteiger partial charge >= 0.3 is 5.97 Å². The van der Waals surface area contributed by atoms with Crippen LogP contribution in [0.2, 0.25) is 0 Å². The highest BCUT2D eigenvalue weighted by molar-refractivity contribution is 14.1. The van der Waals surface area contributed by atoms with Gasteiger partial charge < -0.3 is 9.47 Å². The van der Waals surface area contributed by atoms with Crippen molar-refractivity contribution in [1.82, 2.24) is 4.57 Å². The molecule has 1 atom stereocenters. The average molecular weight is 786 g/mol. The number of ether oxygens (including phenoxy) is 2. The Labute approximate surface area is 258 Å². The second-order valence-corrected chi connectivity index (χ2v) is 12.9. The minimum Gasteiger partial charge on any atom is -0.487 e. The van der Waals surface area contributed by atoms with Crippen LogP contribution in [-0.4, -0.2) is 17.1 Å². The van der Waals surface area contributed by atoms with Gasteiger partial charge in [-0.3, -0.25) is 9.36 Å². The van der Waals surface area contributed by atoms with Crippen molar-refractivity contribution in [2.45, 2.75) is 26.5 Å². The molecule has 3 heterocycles. The number of thiazole rings is 1. The quantitative estimate of drug-likeness (QED) is 0.176. The van der Waals surface area contributed by atoms with Gasteiger partial charge in [0.15, 0.2) is 4.80 Å². The molecule has 4 aromatic rings. The summed E-state index contributed by atoms with van der Waals surface area (Å²) in [7, 11) is 0. The second-order valence-electron chi connectivity index (χ2n) is 8.50. The van der Waals surface area contributed by atoms with Crippen LogP contribution >= 0.6 is 67.9 Å². The smallest absolute Gasteiger partial charge is 0.338 e. The summed E-state index contributed by atoms with van der Waals surface area (Å²) in [5.41, 5.74) is 1.76. The molecule has 6 nitrogen and oxygen atoms in total. The summed E-state index contributed by atoms with van der Waals surface area (Å²) in [4.78, 5) is 32.8. The van der Waals surface area contributed by atoms with E-state index in [1.54, 1.807) is 42.7 Å². The Balaban J connectivity index is 1.63. The van der Waals surface area contributed by atoms with E-state index in [1.165, 1.54) is 28.7 Å². The normalized spacial score (nSPS) is 15.2. The maximum absolute atomic E-state index is 14.2. The van der Waals surface area contributed by atoms with Crippen LogP contribution in [0.15, 0.2) is 75.0 Å². The first-order chi connectivity index (χ1) is 18.8. The highest BCUT2D eigenvalue weighted by Gasteiger charge is 2.34. The van der Waals surface area contributed by atoms with Crippen molar-refractivity contribution in [3.05, 3.63) is 114 Å². The van der Waals surface area contributed by atoms with Crippen molar-refractivity contribution in [3.63, 3.8) is 0 Å². The number of aromatic nitrogens is 1. The van der Waals surface area contributed by atoms with Crippen LogP contribution in [0.3, 0.4) is 0 Å². The van der Waals surface area contributed by atoms with Gasteiger partial charge in [0.05, 0.1) is 26.0 Å². The highest BCUT2D eigenvalue weighted by Crippen LogP contribution is 2.33. The molecule has 1 aliphatic heterocycles. The molecule has 5 rings (SSSR count). The predicted molar refractivity (Wildman–Crippen MR) is 167 cm³/mol. The van der Waals surface area contributed by atoms with Gasteiger partial charge in [-0.05, 0) is 94.8 Å². The molecule has 0 aliphatic carbocycles. The molecule has 200 valence electrons. The first kappa shape index (κ1) is 28.2. The van der Waals surface area contributed by atoms with Crippen LogP contribution in [0.5, 0.6) is 5.75 Å². The average Bonchev–Trinajstić information content (AvgIpc) is 3.52. The van der Waals surface area contributed by atoms with E-state index in [0.717, 1.165) is 12.0 Å². The lowest BCUT2D eigenvalue weighted by atomic mass is 10.0. The van der Waals surface area contributed by atoms with Crippen LogP contribution in [0.25, 0.3) is 6.08 Å². The standard InChI is InChI=1S/C28H21FI2N2O4S2/c1-3-36-27(35)23-15(2)32-28-33(24(23)21-9-6-10-38-21)26(34)22(39-28)12-17-11-18(30)13-20(31)25(17)37-14-16-7-4-5-8-19(16)29/h4-13,24H,3,14H2,1-2H3/b22-12-/t24-/m1/s1. The molecule has 0 unspecified atom stereocenters. The van der Waals surface area contributed by atoms with Gasteiger partial charge in [-0.1, -0.05) is 35.6 Å². The molecule has 0 bridgehead atoms. The second kappa shape index (κ2) is 12.0. The lowest BCUT2D eigenvalue weighted by molar-refractivity contribution is -0.139. The van der Waals surface area contributed by atoms with Crippen molar-refractivity contribution >= 4 is 79.9 Å². The molecule has 0 radical (unpaired) electrons. The number of benzene rings is 2. The number of allylic oxidation sites excluding steroid dienone is 1. The number of esters is 1. The Morgan fingerprint density at radius 2 is 2.00 bits per heavy atom. The first-order valence-corrected chi connectivity index (χ1v) is 15.7. The van der Waals surface area contributed by atoms with Crippen molar-refractivity contribution in [1.29, 1.82) is 0 Å². The Kier molecular flexibility index (Phi) is 8.69. The fraction of sp³-hybridized carbons (Fsp3) is 0.179. The van der Waals surface area contributed by atoms with Crippen LogP contribution in [-0.2, 0) is 16.1 Å². The third-order valence-electron chi connectivity index (χ3n) is 5.98. The lowest BCUT2D eigenvalue weighted by Gasteiger charge is -2.23. The summed E-state index contributed by atoms with van der Waals surface area (Å²) in [5, 5.41) is 1.91. The number of thiophene rings is 1. The minimum atomic E-state index is -0.629. The number of fused-ring (bicyclic) bond motifs is 1. The van der Waals surface area contributed by atoms with Crippen molar-refractivity contribution < 1.29 is 18.7 Å². The van der Waals surface area contributed by atoms with Gasteiger partial charge in [0.2, 0.25) is 0 Å². The number of hydrogen-bond donors (Lipinski definition) is 0. The molecular formula is C28H21FI2N2O4S2. The van der Waals surface area contributed by atoms with Gasteiger partial charge in [0, 0.05) is 19.6 Å². The summed E-state index contributed by atoms with van der Waals surface area (Å²) in [6, 6.07) is 13.5. The van der Waals surface area contributed by atoms with Gasteiger partial charge in [0.1, 0.15) is 24.2 Å². The SMILES string of the molecule is CCOC(=O)C1=C(C)N=c2s/c(=C\c3cc(I)cc(I)c3OCc3ccccc3F)c(=O)n2[C@@H]1c1cccs1. The van der Waals surface area contributed by atoms with Crippen molar-refractivity contribution in [2.24, 2.45) is 4.99 Å². The van der Waals surface area contributed by atoms with Crippen LogP contribution in [0.1, 0.15) is 35.9 Å². The summed E-state index contributed by atoms with van der Waals surface area (Å²) < 4.78 is 29.5. The molecule has 0 amide bonds. The maximum Gasteiger partial charge on any atom is 0.338 e. The summed E-state index contributed by atoms with van der Waals surface area (Å²) >= 11 is 7.12. The Morgan fingerprint density at radius 1 is 1.21 bits per heavy atom. The third-order valence-corrected chi connectivity index (χ3v) is 9.32. The largest absolute Gasteiger partial charge is 0.487 e. The molecule has 0 fully saturated rings. The molecule has 11 heteroatoms. The molecule has 1 aliphatic rings. The number of carbonyl (C=O) groups is 1. The number of rotatable bonds is 7. The molecule has 2 aromatic carbocycles. The van der Waals surface area contributed by atoms with E-state index in [1.807, 2.05) is 29.6 Å². The molecule has 0 N–H and O–H groups in total. The molecule has 2 aromatic heterocycles. The van der Waals surface area contributed by atoms with Crippen LogP contribution in [0, 0.1) is 13.0 Å². The van der Waals surface area contributed by atoms with E-state index in [-0.39, 0.29) is 24.6 Å². The lowest BCUT2D eigenvalue weighted by Crippen LogP contribution is -2.39. The number of carbonyl (C=O) groups excluding carboxylic acids is 1. The van der Waals surface area contributed by atoms with Crippen molar-refractivity contribution in [2.75, 3.05) is 6.61 Å². The minimum absolute atomic E-state index is 0.0475. The van der Waals surface area contributed by atoms with E-state index in [4.69, 9.17) is 9.47 Å². The van der Waals surface area contributed by atoms with Gasteiger partial charge in [-0.2, -0.15) is 0 Å². The fourth-order valence-electron chi connectivity index (χ4n) is 4.25. The van der Waals surface area contributed by atoms with E-state index in [9.17, 15) is 14.0 Å².